The Morgan fingerprint density at radius 1 is 1.29 bits per heavy atom. The predicted molar refractivity (Wildman–Crippen MR) is 112 cm³/mol. The van der Waals surface area contributed by atoms with Crippen LogP contribution in [0.2, 0.25) is 0 Å². The molecular weight excluding hydrogens is 372 g/mol. The van der Waals surface area contributed by atoms with E-state index in [0.29, 0.717) is 30.1 Å². The number of aromatic nitrogens is 3. The highest BCUT2D eigenvalue weighted by atomic mass is 32.2. The minimum atomic E-state index is 0.0538. The summed E-state index contributed by atoms with van der Waals surface area (Å²) in [5.74, 6) is 1.93. The number of ether oxygens (including phenoxy) is 1. The molecule has 0 saturated heterocycles. The predicted octanol–water partition coefficient (Wildman–Crippen LogP) is 3.81. The average Bonchev–Trinajstić information content (AvgIpc) is 3.28. The summed E-state index contributed by atoms with van der Waals surface area (Å²) in [4.78, 5) is 12.2. The Hall–Kier alpha value is -2.28. The maximum atomic E-state index is 12.2. The third-order valence-corrected chi connectivity index (χ3v) is 5.69. The summed E-state index contributed by atoms with van der Waals surface area (Å²) in [6.45, 7) is 8.80. The number of thioether (sulfide) groups is 1. The highest BCUT2D eigenvalue weighted by molar-refractivity contribution is 7.99. The Balaban J connectivity index is 1.60. The van der Waals surface area contributed by atoms with Gasteiger partial charge in [0.2, 0.25) is 5.91 Å². The van der Waals surface area contributed by atoms with Gasteiger partial charge in [-0.3, -0.25) is 9.36 Å². The summed E-state index contributed by atoms with van der Waals surface area (Å²) in [6.07, 6.45) is 6.38. The Morgan fingerprint density at radius 3 is 2.68 bits per heavy atom. The lowest BCUT2D eigenvalue weighted by Crippen LogP contribution is -2.33. The second kappa shape index (κ2) is 9.78. The summed E-state index contributed by atoms with van der Waals surface area (Å²) in [5.41, 5.74) is 2.32. The summed E-state index contributed by atoms with van der Waals surface area (Å²) in [7, 11) is 0. The smallest absolute Gasteiger partial charge is 0.230 e. The largest absolute Gasteiger partial charge is 0.486 e. The number of benzene rings is 1. The van der Waals surface area contributed by atoms with Crippen molar-refractivity contribution in [3.63, 3.8) is 0 Å². The molecule has 150 valence electrons. The fraction of sp³-hybridized carbons (Fsp3) is 0.476. The minimum Gasteiger partial charge on any atom is -0.486 e. The molecule has 0 aliphatic heterocycles. The van der Waals surface area contributed by atoms with Crippen LogP contribution >= 0.6 is 11.8 Å². The number of hydrogen-bond donors (Lipinski definition) is 1. The molecule has 1 aromatic heterocycles. The third-order valence-electron chi connectivity index (χ3n) is 4.72. The zero-order valence-corrected chi connectivity index (χ0v) is 17.4. The molecule has 1 amide bonds. The molecule has 7 heteroatoms. The maximum absolute atomic E-state index is 12.2. The van der Waals surface area contributed by atoms with Crippen LogP contribution in [0.4, 0.5) is 0 Å². The molecule has 2 aromatic rings. The number of amides is 1. The molecule has 28 heavy (non-hydrogen) atoms. The number of nitrogens with one attached hydrogen (secondary N) is 1. The first kappa shape index (κ1) is 20.5. The molecule has 0 radical (unpaired) electrons. The van der Waals surface area contributed by atoms with E-state index >= 15 is 0 Å². The Morgan fingerprint density at radius 2 is 2.00 bits per heavy atom. The van der Waals surface area contributed by atoms with Gasteiger partial charge in [-0.05, 0) is 49.9 Å². The van der Waals surface area contributed by atoms with Crippen molar-refractivity contribution >= 4 is 17.7 Å². The first-order valence-corrected chi connectivity index (χ1v) is 10.7. The van der Waals surface area contributed by atoms with Gasteiger partial charge in [0, 0.05) is 12.6 Å². The summed E-state index contributed by atoms with van der Waals surface area (Å²) in [6, 6.07) is 6.45. The zero-order valence-electron chi connectivity index (χ0n) is 16.6. The Bertz CT molecular complexity index is 808. The monoisotopic (exact) mass is 400 g/mol. The van der Waals surface area contributed by atoms with E-state index in [-0.39, 0.29) is 5.91 Å². The van der Waals surface area contributed by atoms with Gasteiger partial charge in [-0.2, -0.15) is 0 Å². The zero-order chi connectivity index (χ0) is 19.9. The highest BCUT2D eigenvalue weighted by Gasteiger charge is 2.18. The van der Waals surface area contributed by atoms with E-state index in [1.807, 2.05) is 30.5 Å². The lowest BCUT2D eigenvalue weighted by atomic mass is 10.1. The van der Waals surface area contributed by atoms with E-state index < -0.39 is 0 Å². The van der Waals surface area contributed by atoms with Crippen LogP contribution in [0.15, 0.2) is 36.0 Å². The Labute approximate surface area is 170 Å². The summed E-state index contributed by atoms with van der Waals surface area (Å²) >= 11 is 1.40. The lowest BCUT2D eigenvalue weighted by molar-refractivity contribution is -0.119. The van der Waals surface area contributed by atoms with Crippen molar-refractivity contribution in [1.29, 1.82) is 0 Å². The standard InChI is InChI=1S/C21H28N4O2S/c1-4-9-25-19(13-27-18-11-15(2)10-16(3)12-18)23-24-21(25)28-14-20(26)22-17-7-5-6-8-17/h4,10-12,17H,1,5-9,13-14H2,2-3H3,(H,22,26). The SMILES string of the molecule is C=CCn1c(COc2cc(C)cc(C)c2)nnc1SCC(=O)NC1CCCC1. The molecule has 0 bridgehead atoms. The van der Waals surface area contributed by atoms with Crippen molar-refractivity contribution < 1.29 is 9.53 Å². The first-order valence-electron chi connectivity index (χ1n) is 9.71. The quantitative estimate of drug-likeness (QED) is 0.512. The van der Waals surface area contributed by atoms with Crippen molar-refractivity contribution in [2.75, 3.05) is 5.75 Å². The van der Waals surface area contributed by atoms with E-state index in [2.05, 4.69) is 28.2 Å². The van der Waals surface area contributed by atoms with Crippen LogP contribution in [0.25, 0.3) is 0 Å². The van der Waals surface area contributed by atoms with Crippen LogP contribution < -0.4 is 10.1 Å². The van der Waals surface area contributed by atoms with Gasteiger partial charge in [-0.15, -0.1) is 16.8 Å². The number of allylic oxidation sites excluding steroid dienone is 1. The molecule has 6 nitrogen and oxygen atoms in total. The number of hydrogen-bond acceptors (Lipinski definition) is 5. The molecule has 1 N–H and O–H groups in total. The topological polar surface area (TPSA) is 69.0 Å². The molecule has 1 aliphatic carbocycles. The number of carbonyl (C=O) groups excluding carboxylic acids is 1. The molecular formula is C21H28N4O2S. The van der Waals surface area contributed by atoms with Gasteiger partial charge in [0.15, 0.2) is 11.0 Å². The fourth-order valence-corrected chi connectivity index (χ4v) is 4.26. The molecule has 1 heterocycles. The molecule has 0 atom stereocenters. The molecule has 1 aliphatic rings. The highest BCUT2D eigenvalue weighted by Crippen LogP contribution is 2.21. The second-order valence-electron chi connectivity index (χ2n) is 7.25. The van der Waals surface area contributed by atoms with Gasteiger partial charge in [-0.1, -0.05) is 36.7 Å². The molecule has 0 spiro atoms. The van der Waals surface area contributed by atoms with Gasteiger partial charge >= 0.3 is 0 Å². The van der Waals surface area contributed by atoms with Crippen LogP contribution in [-0.4, -0.2) is 32.5 Å². The van der Waals surface area contributed by atoms with E-state index in [9.17, 15) is 4.79 Å². The molecule has 1 saturated carbocycles. The normalized spacial score (nSPS) is 14.2. The number of carbonyl (C=O) groups is 1. The van der Waals surface area contributed by atoms with E-state index in [0.717, 1.165) is 35.5 Å². The lowest BCUT2D eigenvalue weighted by Gasteiger charge is -2.12. The number of aryl methyl sites for hydroxylation is 2. The van der Waals surface area contributed by atoms with Crippen LogP contribution in [0.5, 0.6) is 5.75 Å². The van der Waals surface area contributed by atoms with Gasteiger partial charge in [0.1, 0.15) is 12.4 Å². The van der Waals surface area contributed by atoms with Crippen molar-refractivity contribution in [2.24, 2.45) is 0 Å². The summed E-state index contributed by atoms with van der Waals surface area (Å²) < 4.78 is 7.87. The second-order valence-corrected chi connectivity index (χ2v) is 8.19. The van der Waals surface area contributed by atoms with Gasteiger partial charge in [0.25, 0.3) is 0 Å². The van der Waals surface area contributed by atoms with Gasteiger partial charge in [0.05, 0.1) is 5.75 Å². The van der Waals surface area contributed by atoms with Gasteiger partial charge < -0.3 is 10.1 Å². The third kappa shape index (κ3) is 5.61. The van der Waals surface area contributed by atoms with Crippen molar-refractivity contribution in [3.05, 3.63) is 47.8 Å². The van der Waals surface area contributed by atoms with E-state index in [1.165, 1.54) is 24.6 Å². The number of nitrogens with zero attached hydrogens (tertiary/aromatic N) is 3. The molecule has 1 aromatic carbocycles. The summed E-state index contributed by atoms with van der Waals surface area (Å²) in [5, 5.41) is 12.3. The van der Waals surface area contributed by atoms with Crippen LogP contribution in [-0.2, 0) is 17.9 Å². The van der Waals surface area contributed by atoms with Crippen molar-refractivity contribution in [1.82, 2.24) is 20.1 Å². The van der Waals surface area contributed by atoms with Gasteiger partial charge in [-0.25, -0.2) is 0 Å². The first-order chi connectivity index (χ1) is 13.5. The van der Waals surface area contributed by atoms with E-state index in [4.69, 9.17) is 4.74 Å². The minimum absolute atomic E-state index is 0.0538. The molecule has 1 fully saturated rings. The van der Waals surface area contributed by atoms with Crippen molar-refractivity contribution in [2.45, 2.75) is 63.9 Å². The fourth-order valence-electron chi connectivity index (χ4n) is 3.48. The van der Waals surface area contributed by atoms with Crippen LogP contribution in [0.3, 0.4) is 0 Å². The van der Waals surface area contributed by atoms with E-state index in [1.54, 1.807) is 6.08 Å². The Kier molecular flexibility index (Phi) is 7.14. The number of rotatable bonds is 9. The molecule has 0 unspecified atom stereocenters. The molecule has 3 rings (SSSR count). The maximum Gasteiger partial charge on any atom is 0.230 e. The van der Waals surface area contributed by atoms with Crippen LogP contribution in [0, 0.1) is 13.8 Å². The van der Waals surface area contributed by atoms with Crippen molar-refractivity contribution in [3.8, 4) is 5.75 Å². The average molecular weight is 401 g/mol. The van der Waals surface area contributed by atoms with Crippen LogP contribution in [0.1, 0.15) is 42.6 Å².